The molecule has 0 saturated carbocycles. The third kappa shape index (κ3) is 1.91. The molecule has 1 aromatic rings. The third-order valence-corrected chi connectivity index (χ3v) is 2.50. The molecule has 2 rings (SSSR count). The van der Waals surface area contributed by atoms with E-state index in [2.05, 4.69) is 4.98 Å². The molecule has 0 amide bonds. The van der Waals surface area contributed by atoms with Gasteiger partial charge in [-0.25, -0.2) is 9.36 Å². The van der Waals surface area contributed by atoms with Crippen LogP contribution in [0.5, 0.6) is 0 Å². The van der Waals surface area contributed by atoms with Crippen LogP contribution < -0.4 is 11.4 Å². The van der Waals surface area contributed by atoms with Crippen molar-refractivity contribution in [2.45, 2.75) is 25.2 Å². The van der Waals surface area contributed by atoms with Gasteiger partial charge in [-0.3, -0.25) is 0 Å². The van der Waals surface area contributed by atoms with Crippen molar-refractivity contribution in [1.82, 2.24) is 9.55 Å². The Morgan fingerprint density at radius 3 is 3.00 bits per heavy atom. The monoisotopic (exact) mass is 229 g/mol. The van der Waals surface area contributed by atoms with Crippen molar-refractivity contribution in [3.05, 3.63) is 22.5 Å². The number of anilines is 1. The lowest BCUT2D eigenvalue weighted by atomic mass is 10.2. The molecule has 7 heteroatoms. The van der Waals surface area contributed by atoms with E-state index in [1.807, 2.05) is 0 Å². The van der Waals surface area contributed by atoms with Gasteiger partial charge in [0.15, 0.2) is 0 Å². The predicted molar refractivity (Wildman–Crippen MR) is 53.1 cm³/mol. The number of ether oxygens (including phenoxy) is 1. The Labute approximate surface area is 90.5 Å². The Morgan fingerprint density at radius 1 is 1.69 bits per heavy atom. The molecule has 2 atom stereocenters. The average molecular weight is 229 g/mol. The van der Waals surface area contributed by atoms with Crippen LogP contribution in [0.15, 0.2) is 10.9 Å². The second-order valence-corrected chi connectivity index (χ2v) is 3.63. The van der Waals surface area contributed by atoms with Crippen LogP contribution in [0.4, 0.5) is 10.2 Å². The zero-order valence-electron chi connectivity index (χ0n) is 8.47. The van der Waals surface area contributed by atoms with E-state index in [4.69, 9.17) is 15.6 Å². The maximum absolute atomic E-state index is 13.5. The van der Waals surface area contributed by atoms with Crippen LogP contribution in [-0.4, -0.2) is 27.4 Å². The van der Waals surface area contributed by atoms with Crippen LogP contribution in [0.3, 0.4) is 0 Å². The fraction of sp³-hybridized carbons (Fsp3) is 0.556. The van der Waals surface area contributed by atoms with Gasteiger partial charge in [-0.05, 0) is 12.8 Å². The summed E-state index contributed by atoms with van der Waals surface area (Å²) in [6.45, 7) is -0.144. The third-order valence-electron chi connectivity index (χ3n) is 2.50. The van der Waals surface area contributed by atoms with Gasteiger partial charge in [0, 0.05) is 6.07 Å². The number of nitrogen functional groups attached to an aromatic ring is 1. The molecule has 6 nitrogen and oxygen atoms in total. The second kappa shape index (κ2) is 4.18. The fourth-order valence-corrected chi connectivity index (χ4v) is 1.75. The van der Waals surface area contributed by atoms with Crippen LogP contribution in [-0.2, 0) is 4.74 Å². The number of hydrogen-bond donors (Lipinski definition) is 2. The fourth-order valence-electron chi connectivity index (χ4n) is 1.75. The number of aromatic nitrogens is 2. The van der Waals surface area contributed by atoms with Gasteiger partial charge in [0.2, 0.25) is 5.95 Å². The van der Waals surface area contributed by atoms with E-state index in [-0.39, 0.29) is 18.5 Å². The number of aliphatic hydroxyl groups is 1. The molecular formula is C9H12FN3O3. The summed E-state index contributed by atoms with van der Waals surface area (Å²) in [5.74, 6) is -0.934. The van der Waals surface area contributed by atoms with Crippen molar-refractivity contribution in [2.75, 3.05) is 12.3 Å². The van der Waals surface area contributed by atoms with Crippen LogP contribution in [0, 0.1) is 5.95 Å². The van der Waals surface area contributed by atoms with Gasteiger partial charge in [-0.15, -0.1) is 0 Å². The number of halogens is 1. The molecule has 0 radical (unpaired) electrons. The highest BCUT2D eigenvalue weighted by Gasteiger charge is 2.28. The van der Waals surface area contributed by atoms with E-state index < -0.39 is 17.9 Å². The molecular weight excluding hydrogens is 217 g/mol. The van der Waals surface area contributed by atoms with Crippen molar-refractivity contribution in [3.8, 4) is 0 Å². The molecule has 2 heterocycles. The number of rotatable bonds is 2. The largest absolute Gasteiger partial charge is 0.394 e. The smallest absolute Gasteiger partial charge is 0.353 e. The Kier molecular flexibility index (Phi) is 2.88. The normalized spacial score (nSPS) is 24.9. The maximum atomic E-state index is 13.5. The van der Waals surface area contributed by atoms with Crippen LogP contribution >= 0.6 is 0 Å². The molecule has 0 bridgehead atoms. The summed E-state index contributed by atoms with van der Waals surface area (Å²) in [5, 5.41) is 8.87. The maximum Gasteiger partial charge on any atom is 0.353 e. The number of nitrogens with zero attached hydrogens (tertiary/aromatic N) is 2. The number of nitrogens with two attached hydrogens (primary N) is 1. The molecule has 3 N–H and O–H groups in total. The van der Waals surface area contributed by atoms with Gasteiger partial charge in [0.05, 0.1) is 12.7 Å². The van der Waals surface area contributed by atoms with Gasteiger partial charge in [-0.1, -0.05) is 0 Å². The molecule has 88 valence electrons. The Hall–Kier alpha value is -1.47. The quantitative estimate of drug-likeness (QED) is 0.675. The lowest BCUT2D eigenvalue weighted by Gasteiger charge is -2.15. The number of aliphatic hydroxyl groups excluding tert-OH is 1. The first-order valence-electron chi connectivity index (χ1n) is 4.92. The SMILES string of the molecule is Nc1cc(F)n([C@H]2CC[C@@H](CO)O2)c(=O)n1. The minimum Gasteiger partial charge on any atom is -0.394 e. The van der Waals surface area contributed by atoms with Crippen LogP contribution in [0.1, 0.15) is 19.1 Å². The molecule has 1 fully saturated rings. The van der Waals surface area contributed by atoms with Gasteiger partial charge in [-0.2, -0.15) is 9.37 Å². The van der Waals surface area contributed by atoms with Crippen molar-refractivity contribution in [3.63, 3.8) is 0 Å². The van der Waals surface area contributed by atoms with E-state index in [9.17, 15) is 9.18 Å². The molecule has 16 heavy (non-hydrogen) atoms. The topological polar surface area (TPSA) is 90.4 Å². The number of hydrogen-bond acceptors (Lipinski definition) is 5. The molecule has 0 spiro atoms. The summed E-state index contributed by atoms with van der Waals surface area (Å²) >= 11 is 0. The second-order valence-electron chi connectivity index (χ2n) is 3.63. The summed E-state index contributed by atoms with van der Waals surface area (Å²) in [6, 6.07) is 0.969. The Bertz CT molecular complexity index is 448. The molecule has 1 aliphatic heterocycles. The van der Waals surface area contributed by atoms with E-state index in [1.54, 1.807) is 0 Å². The lowest BCUT2D eigenvalue weighted by molar-refractivity contribution is -0.0296. The average Bonchev–Trinajstić information content (AvgIpc) is 2.64. The van der Waals surface area contributed by atoms with E-state index >= 15 is 0 Å². The lowest BCUT2D eigenvalue weighted by Crippen LogP contribution is -2.30. The van der Waals surface area contributed by atoms with E-state index in [0.29, 0.717) is 12.8 Å². The molecule has 0 unspecified atom stereocenters. The first-order valence-corrected chi connectivity index (χ1v) is 4.92. The van der Waals surface area contributed by atoms with Crippen molar-refractivity contribution < 1.29 is 14.2 Å². The summed E-state index contributed by atoms with van der Waals surface area (Å²) in [7, 11) is 0. The molecule has 1 aromatic heterocycles. The first-order chi connectivity index (χ1) is 7.61. The van der Waals surface area contributed by atoms with Gasteiger partial charge < -0.3 is 15.6 Å². The molecule has 0 aliphatic carbocycles. The first kappa shape index (κ1) is 11.0. The Morgan fingerprint density at radius 2 is 2.44 bits per heavy atom. The van der Waals surface area contributed by atoms with E-state index in [0.717, 1.165) is 10.6 Å². The highest BCUT2D eigenvalue weighted by atomic mass is 19.1. The van der Waals surface area contributed by atoms with Gasteiger partial charge in [0.1, 0.15) is 12.0 Å². The molecule has 1 saturated heterocycles. The molecule has 0 aromatic carbocycles. The molecule has 1 aliphatic rings. The standard InChI is InChI=1S/C9H12FN3O3/c10-6-3-7(11)12-9(15)13(6)8-2-1-5(4-14)16-8/h3,5,8,14H,1-2,4H2,(H2,11,12,15)/t5-,8+/m0/s1. The zero-order valence-corrected chi connectivity index (χ0v) is 8.47. The van der Waals surface area contributed by atoms with Gasteiger partial charge in [0.25, 0.3) is 0 Å². The zero-order chi connectivity index (χ0) is 11.7. The Balaban J connectivity index is 2.31. The van der Waals surface area contributed by atoms with Crippen molar-refractivity contribution in [2.24, 2.45) is 0 Å². The van der Waals surface area contributed by atoms with Gasteiger partial charge >= 0.3 is 5.69 Å². The van der Waals surface area contributed by atoms with Crippen LogP contribution in [0.2, 0.25) is 0 Å². The summed E-state index contributed by atoms with van der Waals surface area (Å²) in [4.78, 5) is 14.9. The highest BCUT2D eigenvalue weighted by Crippen LogP contribution is 2.27. The van der Waals surface area contributed by atoms with Crippen molar-refractivity contribution >= 4 is 5.82 Å². The highest BCUT2D eigenvalue weighted by molar-refractivity contribution is 5.24. The summed E-state index contributed by atoms with van der Waals surface area (Å²) < 4.78 is 19.6. The minimum atomic E-state index is -0.777. The van der Waals surface area contributed by atoms with Crippen LogP contribution in [0.25, 0.3) is 0 Å². The van der Waals surface area contributed by atoms with E-state index in [1.165, 1.54) is 0 Å². The summed E-state index contributed by atoms with van der Waals surface area (Å²) in [5.41, 5.74) is 4.46. The predicted octanol–water partition coefficient (Wildman–Crippen LogP) is -0.365. The van der Waals surface area contributed by atoms with Crippen molar-refractivity contribution in [1.29, 1.82) is 0 Å². The minimum absolute atomic E-state index is 0.144. The summed E-state index contributed by atoms with van der Waals surface area (Å²) in [6.07, 6.45) is -0.0166.